The van der Waals surface area contributed by atoms with Gasteiger partial charge >= 0.3 is 5.69 Å². The topological polar surface area (TPSA) is 84.0 Å². The first-order chi connectivity index (χ1) is 10.3. The van der Waals surface area contributed by atoms with Gasteiger partial charge in [0.15, 0.2) is 0 Å². The zero-order valence-electron chi connectivity index (χ0n) is 12.9. The summed E-state index contributed by atoms with van der Waals surface area (Å²) in [6.07, 6.45) is 0.589. The molecule has 0 spiro atoms. The highest BCUT2D eigenvalue weighted by Gasteiger charge is 2.31. The van der Waals surface area contributed by atoms with Gasteiger partial charge in [-0.15, -0.1) is 0 Å². The van der Waals surface area contributed by atoms with Crippen molar-refractivity contribution in [3.63, 3.8) is 0 Å². The molecule has 2 heterocycles. The molecular weight excluding hydrogens is 282 g/mol. The summed E-state index contributed by atoms with van der Waals surface area (Å²) in [7, 11) is 0. The van der Waals surface area contributed by atoms with Gasteiger partial charge in [-0.3, -0.25) is 19.5 Å². The van der Waals surface area contributed by atoms with Crippen LogP contribution in [-0.4, -0.2) is 21.4 Å². The molecule has 2 aromatic rings. The van der Waals surface area contributed by atoms with Gasteiger partial charge in [0, 0.05) is 6.42 Å². The monoisotopic (exact) mass is 301 g/mol. The maximum Gasteiger partial charge on any atom is 0.327 e. The van der Waals surface area contributed by atoms with Gasteiger partial charge in [0.2, 0.25) is 11.8 Å². The van der Waals surface area contributed by atoms with Gasteiger partial charge in [0.05, 0.1) is 11.0 Å². The Balaban J connectivity index is 2.20. The van der Waals surface area contributed by atoms with E-state index in [4.69, 9.17) is 0 Å². The number of piperidine rings is 1. The molecule has 1 fully saturated rings. The van der Waals surface area contributed by atoms with Crippen LogP contribution in [0.3, 0.4) is 0 Å². The molecule has 1 atom stereocenters. The highest BCUT2D eigenvalue weighted by Crippen LogP contribution is 2.30. The summed E-state index contributed by atoms with van der Waals surface area (Å²) in [5.41, 5.74) is 2.03. The molecule has 1 aliphatic rings. The molecule has 1 saturated heterocycles. The van der Waals surface area contributed by atoms with Crippen molar-refractivity contribution < 1.29 is 9.59 Å². The summed E-state index contributed by atoms with van der Waals surface area (Å²) < 4.78 is 1.46. The number of imide groups is 1. The molecule has 1 unspecified atom stereocenters. The van der Waals surface area contributed by atoms with Crippen molar-refractivity contribution in [1.29, 1.82) is 0 Å². The number of benzene rings is 1. The SMILES string of the molecule is CC(C)(C)c1cccc2c1[nH]c(=O)n2C1CCC(=O)NC1=O. The molecule has 2 N–H and O–H groups in total. The molecule has 1 aromatic heterocycles. The van der Waals surface area contributed by atoms with E-state index < -0.39 is 11.9 Å². The molecule has 6 heteroatoms. The van der Waals surface area contributed by atoms with E-state index in [2.05, 4.69) is 31.1 Å². The first kappa shape index (κ1) is 14.6. The van der Waals surface area contributed by atoms with Crippen LogP contribution in [0.5, 0.6) is 0 Å². The van der Waals surface area contributed by atoms with E-state index in [1.807, 2.05) is 18.2 Å². The summed E-state index contributed by atoms with van der Waals surface area (Å²) in [5.74, 6) is -0.704. The molecule has 0 bridgehead atoms. The molecule has 0 aliphatic carbocycles. The first-order valence-electron chi connectivity index (χ1n) is 7.36. The Morgan fingerprint density at radius 3 is 2.55 bits per heavy atom. The predicted molar refractivity (Wildman–Crippen MR) is 82.7 cm³/mol. The minimum Gasteiger partial charge on any atom is -0.305 e. The van der Waals surface area contributed by atoms with Crippen LogP contribution in [0.15, 0.2) is 23.0 Å². The van der Waals surface area contributed by atoms with E-state index in [0.29, 0.717) is 11.9 Å². The van der Waals surface area contributed by atoms with E-state index >= 15 is 0 Å². The van der Waals surface area contributed by atoms with Crippen LogP contribution in [0.25, 0.3) is 11.0 Å². The van der Waals surface area contributed by atoms with Gasteiger partial charge in [-0.05, 0) is 23.5 Å². The average molecular weight is 301 g/mol. The molecule has 3 rings (SSSR count). The van der Waals surface area contributed by atoms with Crippen LogP contribution in [-0.2, 0) is 15.0 Å². The van der Waals surface area contributed by atoms with E-state index in [0.717, 1.165) is 11.1 Å². The lowest BCUT2D eigenvalue weighted by atomic mass is 9.86. The van der Waals surface area contributed by atoms with Crippen molar-refractivity contribution in [3.8, 4) is 0 Å². The maximum absolute atomic E-state index is 12.4. The van der Waals surface area contributed by atoms with Gasteiger partial charge in [0.25, 0.3) is 0 Å². The van der Waals surface area contributed by atoms with Crippen LogP contribution in [0.2, 0.25) is 0 Å². The van der Waals surface area contributed by atoms with Crippen LogP contribution in [0, 0.1) is 0 Å². The number of carbonyl (C=O) groups is 2. The number of hydrogen-bond donors (Lipinski definition) is 2. The minimum atomic E-state index is -0.644. The standard InChI is InChI=1S/C16H19N3O3/c1-16(2,3)9-5-4-6-10-13(9)18-15(22)19(10)11-7-8-12(20)17-14(11)21/h4-6,11H,7-8H2,1-3H3,(H,18,22)(H,17,20,21). The smallest absolute Gasteiger partial charge is 0.305 e. The zero-order chi connectivity index (χ0) is 16.1. The lowest BCUT2D eigenvalue weighted by Gasteiger charge is -2.23. The molecule has 1 aliphatic heterocycles. The fourth-order valence-electron chi connectivity index (χ4n) is 3.01. The number of fused-ring (bicyclic) bond motifs is 1. The molecule has 0 saturated carbocycles. The number of hydrogen-bond acceptors (Lipinski definition) is 3. The third kappa shape index (κ3) is 2.24. The van der Waals surface area contributed by atoms with Crippen molar-refractivity contribution in [2.45, 2.75) is 45.1 Å². The van der Waals surface area contributed by atoms with Gasteiger partial charge in [-0.2, -0.15) is 0 Å². The van der Waals surface area contributed by atoms with E-state index in [9.17, 15) is 14.4 Å². The normalized spacial score (nSPS) is 19.5. The molecule has 2 amide bonds. The van der Waals surface area contributed by atoms with Crippen molar-refractivity contribution in [1.82, 2.24) is 14.9 Å². The largest absolute Gasteiger partial charge is 0.327 e. The summed E-state index contributed by atoms with van der Waals surface area (Å²) >= 11 is 0. The van der Waals surface area contributed by atoms with Crippen LogP contribution in [0.4, 0.5) is 0 Å². The lowest BCUT2D eigenvalue weighted by Crippen LogP contribution is -2.43. The Hall–Kier alpha value is -2.37. The molecule has 0 radical (unpaired) electrons. The molecule has 6 nitrogen and oxygen atoms in total. The third-order valence-electron chi connectivity index (χ3n) is 4.08. The fourth-order valence-corrected chi connectivity index (χ4v) is 3.01. The molecule has 116 valence electrons. The van der Waals surface area contributed by atoms with Gasteiger partial charge in [0.1, 0.15) is 6.04 Å². The highest BCUT2D eigenvalue weighted by atomic mass is 16.2. The number of nitrogens with zero attached hydrogens (tertiary/aromatic N) is 1. The number of aromatic nitrogens is 2. The van der Waals surface area contributed by atoms with E-state index in [1.165, 1.54) is 4.57 Å². The van der Waals surface area contributed by atoms with Gasteiger partial charge in [-0.1, -0.05) is 32.9 Å². The summed E-state index contributed by atoms with van der Waals surface area (Å²) in [6, 6.07) is 5.05. The van der Waals surface area contributed by atoms with Crippen LogP contribution < -0.4 is 11.0 Å². The number of carbonyl (C=O) groups excluding carboxylic acids is 2. The van der Waals surface area contributed by atoms with Crippen LogP contribution in [0.1, 0.15) is 45.2 Å². The van der Waals surface area contributed by atoms with Crippen molar-refractivity contribution >= 4 is 22.8 Å². The van der Waals surface area contributed by atoms with Crippen molar-refractivity contribution in [2.75, 3.05) is 0 Å². The van der Waals surface area contributed by atoms with E-state index in [-0.39, 0.29) is 23.4 Å². The number of aromatic amines is 1. The van der Waals surface area contributed by atoms with E-state index in [1.54, 1.807) is 0 Å². The predicted octanol–water partition coefficient (Wildman–Crippen LogP) is 1.60. The molecule has 22 heavy (non-hydrogen) atoms. The highest BCUT2D eigenvalue weighted by molar-refractivity contribution is 6.00. The van der Waals surface area contributed by atoms with Crippen molar-refractivity contribution in [3.05, 3.63) is 34.2 Å². The Morgan fingerprint density at radius 1 is 1.18 bits per heavy atom. The fraction of sp³-hybridized carbons (Fsp3) is 0.438. The number of nitrogens with one attached hydrogen (secondary N) is 2. The molecular formula is C16H19N3O3. The second-order valence-electron chi connectivity index (χ2n) is 6.72. The summed E-state index contributed by atoms with van der Waals surface area (Å²) in [4.78, 5) is 38.6. The van der Waals surface area contributed by atoms with Crippen molar-refractivity contribution in [2.24, 2.45) is 0 Å². The number of imidazole rings is 1. The second kappa shape index (κ2) is 4.83. The zero-order valence-corrected chi connectivity index (χ0v) is 12.9. The Bertz CT molecular complexity index is 823. The maximum atomic E-state index is 12.4. The second-order valence-corrected chi connectivity index (χ2v) is 6.72. The molecule has 1 aromatic carbocycles. The lowest BCUT2D eigenvalue weighted by molar-refractivity contribution is -0.135. The Kier molecular flexibility index (Phi) is 3.20. The van der Waals surface area contributed by atoms with Gasteiger partial charge in [-0.25, -0.2) is 4.79 Å². The summed E-state index contributed by atoms with van der Waals surface area (Å²) in [5, 5.41) is 2.30. The summed E-state index contributed by atoms with van der Waals surface area (Å²) in [6.45, 7) is 6.22. The first-order valence-corrected chi connectivity index (χ1v) is 7.36. The van der Waals surface area contributed by atoms with Gasteiger partial charge < -0.3 is 4.98 Å². The number of para-hydroxylation sites is 1. The van der Waals surface area contributed by atoms with Crippen LogP contribution >= 0.6 is 0 Å². The third-order valence-corrected chi connectivity index (χ3v) is 4.08. The Labute approximate surface area is 127 Å². The number of amides is 2. The Morgan fingerprint density at radius 2 is 1.91 bits per heavy atom. The minimum absolute atomic E-state index is 0.126. The number of H-pyrrole nitrogens is 1. The quantitative estimate of drug-likeness (QED) is 0.785. The average Bonchev–Trinajstić information content (AvgIpc) is 2.74. The number of rotatable bonds is 1.